The third kappa shape index (κ3) is 5.19. The number of thioether (sulfide) groups is 1. The Kier molecular flexibility index (Phi) is 6.98. The Labute approximate surface area is 180 Å². The van der Waals surface area contributed by atoms with Gasteiger partial charge in [0.05, 0.1) is 11.7 Å². The normalized spacial score (nSPS) is 12.2. The van der Waals surface area contributed by atoms with Crippen LogP contribution in [-0.4, -0.2) is 20.7 Å². The van der Waals surface area contributed by atoms with E-state index in [1.807, 2.05) is 68.7 Å². The van der Waals surface area contributed by atoms with Gasteiger partial charge in [0.2, 0.25) is 5.91 Å². The minimum absolute atomic E-state index is 0.0200. The third-order valence-electron chi connectivity index (χ3n) is 4.55. The van der Waals surface area contributed by atoms with Gasteiger partial charge in [-0.1, -0.05) is 73.6 Å². The lowest BCUT2D eigenvalue weighted by Crippen LogP contribution is -2.31. The molecule has 0 saturated carbocycles. The number of carbonyl (C=O) groups is 1. The van der Waals surface area contributed by atoms with Crippen molar-refractivity contribution in [3.8, 4) is 5.69 Å². The van der Waals surface area contributed by atoms with Crippen molar-refractivity contribution in [2.45, 2.75) is 44.6 Å². The number of amides is 1. The van der Waals surface area contributed by atoms with E-state index < -0.39 is 0 Å². The maximum absolute atomic E-state index is 12.2. The van der Waals surface area contributed by atoms with Crippen LogP contribution in [0.5, 0.6) is 0 Å². The summed E-state index contributed by atoms with van der Waals surface area (Å²) >= 11 is 7.89. The monoisotopic (exact) mass is 428 g/mol. The highest BCUT2D eigenvalue weighted by Gasteiger charge is 2.23. The standard InChI is InChI=1S/C22H25ClN4OS/c1-14(2)21(28)24-16(4)20-25-26-22(29-13-17-8-6-5-7-9-17)27(20)19-12-18(23)11-10-15(19)3/h5-12,14,16H,13H2,1-4H3,(H,24,28). The second-order valence-electron chi connectivity index (χ2n) is 7.27. The van der Waals surface area contributed by atoms with Crippen molar-refractivity contribution < 1.29 is 4.79 Å². The minimum atomic E-state index is -0.290. The number of aromatic nitrogens is 3. The van der Waals surface area contributed by atoms with E-state index in [0.29, 0.717) is 10.8 Å². The van der Waals surface area contributed by atoms with Gasteiger partial charge in [-0.3, -0.25) is 9.36 Å². The van der Waals surface area contributed by atoms with Gasteiger partial charge < -0.3 is 5.32 Å². The Morgan fingerprint density at radius 2 is 1.86 bits per heavy atom. The maximum Gasteiger partial charge on any atom is 0.223 e. The molecule has 152 valence electrons. The average molecular weight is 429 g/mol. The highest BCUT2D eigenvalue weighted by atomic mass is 35.5. The molecule has 0 aliphatic rings. The first kappa shape index (κ1) is 21.4. The zero-order chi connectivity index (χ0) is 21.0. The molecule has 29 heavy (non-hydrogen) atoms. The fourth-order valence-electron chi connectivity index (χ4n) is 2.87. The van der Waals surface area contributed by atoms with Crippen molar-refractivity contribution >= 4 is 29.3 Å². The van der Waals surface area contributed by atoms with Crippen LogP contribution in [0.1, 0.15) is 43.8 Å². The molecule has 1 heterocycles. The van der Waals surface area contributed by atoms with E-state index in [1.54, 1.807) is 11.8 Å². The van der Waals surface area contributed by atoms with E-state index in [2.05, 4.69) is 27.6 Å². The molecule has 5 nitrogen and oxygen atoms in total. The average Bonchev–Trinajstić information content (AvgIpc) is 3.12. The zero-order valence-electron chi connectivity index (χ0n) is 17.0. The van der Waals surface area contributed by atoms with Crippen LogP contribution in [0.15, 0.2) is 53.7 Å². The van der Waals surface area contributed by atoms with Crippen molar-refractivity contribution in [3.05, 3.63) is 70.5 Å². The predicted molar refractivity (Wildman–Crippen MR) is 119 cm³/mol. The molecule has 1 N–H and O–H groups in total. The van der Waals surface area contributed by atoms with Crippen LogP contribution in [0.3, 0.4) is 0 Å². The van der Waals surface area contributed by atoms with Gasteiger partial charge in [-0.2, -0.15) is 0 Å². The van der Waals surface area contributed by atoms with Crippen LogP contribution in [0.25, 0.3) is 5.69 Å². The summed E-state index contributed by atoms with van der Waals surface area (Å²) in [4.78, 5) is 12.2. The van der Waals surface area contributed by atoms with Crippen LogP contribution in [0.2, 0.25) is 5.02 Å². The van der Waals surface area contributed by atoms with E-state index >= 15 is 0 Å². The van der Waals surface area contributed by atoms with E-state index in [1.165, 1.54) is 5.56 Å². The Bertz CT molecular complexity index is 988. The number of rotatable bonds is 7. The molecule has 7 heteroatoms. The SMILES string of the molecule is Cc1ccc(Cl)cc1-n1c(SCc2ccccc2)nnc1C(C)NC(=O)C(C)C. The summed E-state index contributed by atoms with van der Waals surface area (Å²) < 4.78 is 2.00. The zero-order valence-corrected chi connectivity index (χ0v) is 18.6. The molecule has 0 spiro atoms. The quantitative estimate of drug-likeness (QED) is 0.515. The molecular formula is C22H25ClN4OS. The lowest BCUT2D eigenvalue weighted by molar-refractivity contribution is -0.124. The topological polar surface area (TPSA) is 59.8 Å². The van der Waals surface area contributed by atoms with Gasteiger partial charge in [-0.25, -0.2) is 0 Å². The molecule has 1 atom stereocenters. The van der Waals surface area contributed by atoms with Gasteiger partial charge >= 0.3 is 0 Å². The molecule has 1 aromatic heterocycles. The fourth-order valence-corrected chi connectivity index (χ4v) is 3.95. The molecule has 0 saturated heterocycles. The number of nitrogens with zero attached hydrogens (tertiary/aromatic N) is 3. The van der Waals surface area contributed by atoms with Gasteiger partial charge in [0.25, 0.3) is 0 Å². The number of nitrogens with one attached hydrogen (secondary N) is 1. The van der Waals surface area contributed by atoms with E-state index in [0.717, 1.165) is 22.2 Å². The summed E-state index contributed by atoms with van der Waals surface area (Å²) in [5.41, 5.74) is 3.18. The van der Waals surface area contributed by atoms with Crippen molar-refractivity contribution in [1.82, 2.24) is 20.1 Å². The molecule has 0 aliphatic carbocycles. The molecule has 3 aromatic rings. The fraction of sp³-hybridized carbons (Fsp3) is 0.318. The summed E-state index contributed by atoms with van der Waals surface area (Å²) in [6, 6.07) is 15.7. The second-order valence-corrected chi connectivity index (χ2v) is 8.65. The van der Waals surface area contributed by atoms with Crippen molar-refractivity contribution in [2.24, 2.45) is 5.92 Å². The number of aryl methyl sites for hydroxylation is 1. The van der Waals surface area contributed by atoms with Crippen LogP contribution in [0.4, 0.5) is 0 Å². The molecule has 1 amide bonds. The molecule has 2 aromatic carbocycles. The summed E-state index contributed by atoms with van der Waals surface area (Å²) in [7, 11) is 0. The molecule has 3 rings (SSSR count). The first-order valence-electron chi connectivity index (χ1n) is 9.55. The molecule has 1 unspecified atom stereocenters. The summed E-state index contributed by atoms with van der Waals surface area (Å²) in [6.07, 6.45) is 0. The van der Waals surface area contributed by atoms with Crippen LogP contribution >= 0.6 is 23.4 Å². The van der Waals surface area contributed by atoms with Crippen LogP contribution < -0.4 is 5.32 Å². The minimum Gasteiger partial charge on any atom is -0.346 e. The first-order valence-corrected chi connectivity index (χ1v) is 10.9. The van der Waals surface area contributed by atoms with Crippen molar-refractivity contribution in [1.29, 1.82) is 0 Å². The van der Waals surface area contributed by atoms with Crippen molar-refractivity contribution in [2.75, 3.05) is 0 Å². The number of benzene rings is 2. The second kappa shape index (κ2) is 9.46. The lowest BCUT2D eigenvalue weighted by Gasteiger charge is -2.18. The molecular weight excluding hydrogens is 404 g/mol. The Morgan fingerprint density at radius 1 is 1.14 bits per heavy atom. The largest absolute Gasteiger partial charge is 0.346 e. The molecule has 0 aliphatic heterocycles. The molecule has 0 fully saturated rings. The number of hydrogen-bond acceptors (Lipinski definition) is 4. The first-order chi connectivity index (χ1) is 13.9. The third-order valence-corrected chi connectivity index (χ3v) is 5.79. The number of carbonyl (C=O) groups excluding carboxylic acids is 1. The van der Waals surface area contributed by atoms with Crippen LogP contribution in [0, 0.1) is 12.8 Å². The van der Waals surface area contributed by atoms with Gasteiger partial charge in [0, 0.05) is 16.7 Å². The highest BCUT2D eigenvalue weighted by Crippen LogP contribution is 2.30. The summed E-state index contributed by atoms with van der Waals surface area (Å²) in [5.74, 6) is 1.33. The Morgan fingerprint density at radius 3 is 2.55 bits per heavy atom. The Hall–Kier alpha value is -2.31. The van der Waals surface area contributed by atoms with Crippen molar-refractivity contribution in [3.63, 3.8) is 0 Å². The highest BCUT2D eigenvalue weighted by molar-refractivity contribution is 7.98. The summed E-state index contributed by atoms with van der Waals surface area (Å²) in [6.45, 7) is 7.69. The predicted octanol–water partition coefficient (Wildman–Crippen LogP) is 5.35. The van der Waals surface area contributed by atoms with E-state index in [-0.39, 0.29) is 17.9 Å². The number of hydrogen-bond donors (Lipinski definition) is 1. The van der Waals surface area contributed by atoms with Gasteiger partial charge in [0.1, 0.15) is 0 Å². The van der Waals surface area contributed by atoms with Crippen LogP contribution in [-0.2, 0) is 10.5 Å². The summed E-state index contributed by atoms with van der Waals surface area (Å²) in [5, 5.41) is 13.3. The Balaban J connectivity index is 1.99. The lowest BCUT2D eigenvalue weighted by atomic mass is 10.1. The van der Waals surface area contributed by atoms with E-state index in [4.69, 9.17) is 11.6 Å². The van der Waals surface area contributed by atoms with E-state index in [9.17, 15) is 4.79 Å². The molecule has 0 bridgehead atoms. The van der Waals surface area contributed by atoms with Gasteiger partial charge in [-0.05, 0) is 37.1 Å². The van der Waals surface area contributed by atoms with Gasteiger partial charge in [0.15, 0.2) is 11.0 Å². The molecule has 0 radical (unpaired) electrons. The maximum atomic E-state index is 12.2. The number of halogens is 1. The van der Waals surface area contributed by atoms with Gasteiger partial charge in [-0.15, -0.1) is 10.2 Å². The smallest absolute Gasteiger partial charge is 0.223 e.